The third kappa shape index (κ3) is 11.1. The van der Waals surface area contributed by atoms with Crippen molar-refractivity contribution in [2.45, 2.75) is 0 Å². The van der Waals surface area contributed by atoms with Gasteiger partial charge in [0.1, 0.15) is 44.7 Å². The number of para-hydroxylation sites is 6. The van der Waals surface area contributed by atoms with E-state index in [1.165, 1.54) is 15.5 Å². The smallest absolute Gasteiger partial charge is 0.167 e. The van der Waals surface area contributed by atoms with Crippen molar-refractivity contribution < 1.29 is 17.7 Å². The van der Waals surface area contributed by atoms with Crippen LogP contribution < -0.4 is 0 Å². The van der Waals surface area contributed by atoms with E-state index >= 15 is 0 Å². The molecule has 0 fully saturated rings. The molecule has 0 atom stereocenters. The number of rotatable bonds is 10. The van der Waals surface area contributed by atoms with Gasteiger partial charge in [0.05, 0.1) is 49.8 Å². The molecule has 0 saturated heterocycles. The second kappa shape index (κ2) is 28.5. The first-order valence-corrected chi connectivity index (χ1v) is 47.2. The molecule has 21 aromatic carbocycles. The van der Waals surface area contributed by atoms with Gasteiger partial charge in [-0.1, -0.05) is 243 Å². The molecule has 14 heteroatoms. The van der Waals surface area contributed by atoms with Crippen molar-refractivity contribution in [1.29, 1.82) is 0 Å². The Labute approximate surface area is 786 Å². The molecule has 0 aliphatic carbocycles. The maximum absolute atomic E-state index is 7.35. The maximum Gasteiger partial charge on any atom is 0.167 e. The van der Waals surface area contributed by atoms with Crippen LogP contribution in [-0.2, 0) is 0 Å². The second-order valence-corrected chi connectivity index (χ2v) is 37.3. The van der Waals surface area contributed by atoms with Gasteiger partial charge in [-0.2, -0.15) is 0 Å². The number of hydrogen-bond donors (Lipinski definition) is 0. The molecular weight excluding hydrogens is 1710 g/mol. The van der Waals surface area contributed by atoms with Gasteiger partial charge in [-0.15, -0.1) is 11.3 Å². The van der Waals surface area contributed by atoms with Crippen LogP contribution >= 0.6 is 11.3 Å². The topological polar surface area (TPSA) is 145 Å². The molecule has 0 spiro atoms. The summed E-state index contributed by atoms with van der Waals surface area (Å²) in [5, 5.41) is 25.7. The minimum atomic E-state index is 0.460. The van der Waals surface area contributed by atoms with Gasteiger partial charge in [0, 0.05) is 135 Å². The Morgan fingerprint density at radius 2 is 0.594 bits per heavy atom. The van der Waals surface area contributed by atoms with Crippen LogP contribution in [0.1, 0.15) is 0 Å². The van der Waals surface area contributed by atoms with Crippen LogP contribution in [0.2, 0.25) is 0 Å². The van der Waals surface area contributed by atoms with Crippen LogP contribution in [0.25, 0.3) is 313 Å². The molecule has 0 N–H and O–H groups in total. The second-order valence-electron chi connectivity index (χ2n) is 36.3. The minimum absolute atomic E-state index is 0.460. The summed E-state index contributed by atoms with van der Waals surface area (Å²) in [5.74, 6) is 2.94. The highest BCUT2D eigenvalue weighted by Gasteiger charge is 2.30. The lowest BCUT2D eigenvalue weighted by Crippen LogP contribution is -2.02. The zero-order valence-electron chi connectivity index (χ0n) is 73.2. The summed E-state index contributed by atoms with van der Waals surface area (Å²) in [6.07, 6.45) is 0. The van der Waals surface area contributed by atoms with E-state index in [1.807, 2.05) is 18.2 Å². The van der Waals surface area contributed by atoms with E-state index in [1.54, 1.807) is 11.3 Å². The van der Waals surface area contributed by atoms with Crippen LogP contribution in [0.15, 0.2) is 424 Å². The van der Waals surface area contributed by atoms with Gasteiger partial charge >= 0.3 is 0 Å². The van der Waals surface area contributed by atoms with E-state index in [9.17, 15) is 0 Å². The molecule has 638 valence electrons. The first-order chi connectivity index (χ1) is 68.3. The number of aromatic nitrogens is 9. The molecule has 10 aromatic heterocycles. The highest BCUT2D eigenvalue weighted by Crippen LogP contribution is 2.50. The normalized spacial score (nSPS) is 12.3. The van der Waals surface area contributed by atoms with Crippen molar-refractivity contribution in [2.24, 2.45) is 0 Å². The number of thiophene rings is 1. The summed E-state index contributed by atoms with van der Waals surface area (Å²) in [6.45, 7) is 0. The van der Waals surface area contributed by atoms with Crippen LogP contribution in [0, 0.1) is 0 Å². The van der Waals surface area contributed by atoms with Gasteiger partial charge < -0.3 is 31.4 Å². The van der Waals surface area contributed by atoms with Crippen LogP contribution in [0.5, 0.6) is 0 Å². The minimum Gasteiger partial charge on any atom is -0.456 e. The largest absolute Gasteiger partial charge is 0.456 e. The Kier molecular flexibility index (Phi) is 15.5. The number of benzene rings is 21. The predicted molar refractivity (Wildman–Crippen MR) is 566 cm³/mol. The summed E-state index contributed by atoms with van der Waals surface area (Å²) < 4.78 is 37.8. The van der Waals surface area contributed by atoms with E-state index in [2.05, 4.69) is 402 Å². The summed E-state index contributed by atoms with van der Waals surface area (Å²) in [4.78, 5) is 33.7. The average Bonchev–Trinajstić information content (AvgIpc) is 1.56. The number of furan rings is 4. The van der Waals surface area contributed by atoms with Crippen molar-refractivity contribution in [3.8, 4) is 96.5 Å². The molecule has 0 saturated carbocycles. The molecule has 31 rings (SSSR count). The molecule has 138 heavy (non-hydrogen) atoms. The molecule has 0 aliphatic rings. The van der Waals surface area contributed by atoms with Crippen molar-refractivity contribution >= 4 is 228 Å². The summed E-state index contributed by atoms with van der Waals surface area (Å²) in [7, 11) is 0. The molecule has 0 aliphatic heterocycles. The SMILES string of the molecule is c1ccc(-n2c3ccccc3c3ccc(-c4nc(-c5ccc6oc7cc(-c8ccc9cc%10c(cc9c8)c8ccccc8n%10-c8cc(-c9nc(-c%10cccc%11c%10oc%10ccccc%10%11)nc(-c%10cccc%11c%10sc%10ccccc%10%11)n9)c9oc%10c%11ccccc%11ccc%10c9c8)ccc7c6c5)nc(-c5cc(-n6c7ccccc7c7cc8ccccc8cc76)cc6c5oc5cc7ccccc7cc56)n4)cc32)cc1. The van der Waals surface area contributed by atoms with Gasteiger partial charge in [0.25, 0.3) is 0 Å². The Hall–Kier alpha value is -18.5. The lowest BCUT2D eigenvalue weighted by Gasteiger charge is -2.13. The summed E-state index contributed by atoms with van der Waals surface area (Å²) in [5.41, 5.74) is 22.0. The van der Waals surface area contributed by atoms with Crippen LogP contribution in [0.4, 0.5) is 0 Å². The van der Waals surface area contributed by atoms with Gasteiger partial charge in [0.15, 0.2) is 34.9 Å². The molecule has 0 radical (unpaired) electrons. The van der Waals surface area contributed by atoms with Crippen LogP contribution in [-0.4, -0.2) is 43.6 Å². The van der Waals surface area contributed by atoms with Crippen molar-refractivity contribution in [3.63, 3.8) is 0 Å². The van der Waals surface area contributed by atoms with Crippen molar-refractivity contribution in [2.75, 3.05) is 0 Å². The predicted octanol–water partition coefficient (Wildman–Crippen LogP) is 33.6. The summed E-state index contributed by atoms with van der Waals surface area (Å²) >= 11 is 1.75. The first-order valence-electron chi connectivity index (χ1n) is 46.4. The third-order valence-electron chi connectivity index (χ3n) is 28.6. The van der Waals surface area contributed by atoms with E-state index in [4.69, 9.17) is 47.6 Å². The number of hydrogen-bond acceptors (Lipinski definition) is 11. The van der Waals surface area contributed by atoms with E-state index in [-0.39, 0.29) is 0 Å². The standard InChI is InChI=1S/C124H67N9O4S/c1-2-27-79(28-3-1)131-103-39-15-10-30-83(103)86-50-48-77(61-106(86)131)120-125-119(126-123(127-120)101-66-81(65-100-98-56-70-24-5-7-26-72(70)62-112(98)136-116(100)101)133-104-40-16-11-31-84(104)95-55-69-23-4-6-25-71(69)59-107(95)133)76-49-53-110-97(57-76)88-51-47-75(63-111(88)134-110)73-44-45-74-60-108-96(58-78(74)54-73)85-32-12-17-41-105(85)132(108)80-64-99-91-52-46-68-22-8-9-29-82(68)114(91)137-117(99)102(67-80)124-129-121(93-37-20-35-90-87-33-13-18-42-109(87)135-115(90)93)128-122(130-124)94-38-21-36-92-89-34-14-19-43-113(89)138-118(92)94/h1-67H. The molecule has 0 unspecified atom stereocenters. The van der Waals surface area contributed by atoms with Gasteiger partial charge in [-0.05, 0) is 213 Å². The lowest BCUT2D eigenvalue weighted by molar-refractivity contribution is 0.669. The van der Waals surface area contributed by atoms with E-state index in [0.717, 1.165) is 246 Å². The fraction of sp³-hybridized carbons (Fsp3) is 0. The molecule has 10 heterocycles. The molecule has 13 nitrogen and oxygen atoms in total. The summed E-state index contributed by atoms with van der Waals surface area (Å²) in [6, 6.07) is 145. The Bertz CT molecular complexity index is 10700. The monoisotopic (exact) mass is 1780 g/mol. The van der Waals surface area contributed by atoms with Gasteiger partial charge in [-0.3, -0.25) is 0 Å². The average molecular weight is 1780 g/mol. The molecule has 31 aromatic rings. The van der Waals surface area contributed by atoms with Crippen molar-refractivity contribution in [3.05, 3.63) is 406 Å². The fourth-order valence-electron chi connectivity index (χ4n) is 22.2. The number of fused-ring (bicyclic) bond motifs is 29. The fourth-order valence-corrected chi connectivity index (χ4v) is 23.4. The highest BCUT2D eigenvalue weighted by molar-refractivity contribution is 7.26. The number of nitrogens with zero attached hydrogens (tertiary/aromatic N) is 9. The third-order valence-corrected chi connectivity index (χ3v) is 29.8. The zero-order chi connectivity index (χ0) is 89.8. The highest BCUT2D eigenvalue weighted by atomic mass is 32.1. The first kappa shape index (κ1) is 75.1. The van der Waals surface area contributed by atoms with Gasteiger partial charge in [0.2, 0.25) is 0 Å². The lowest BCUT2D eigenvalue weighted by atomic mass is 9.98. The van der Waals surface area contributed by atoms with E-state index in [0.29, 0.717) is 51.7 Å². The maximum atomic E-state index is 7.35. The van der Waals surface area contributed by atoms with E-state index < -0.39 is 0 Å². The Morgan fingerprint density at radius 3 is 1.32 bits per heavy atom. The zero-order valence-corrected chi connectivity index (χ0v) is 74.1. The van der Waals surface area contributed by atoms with Crippen LogP contribution in [0.3, 0.4) is 0 Å². The Balaban J connectivity index is 0.560. The molecular formula is C124H67N9O4S. The van der Waals surface area contributed by atoms with Crippen molar-refractivity contribution in [1.82, 2.24) is 43.6 Å². The molecule has 0 amide bonds. The molecule has 0 bridgehead atoms. The Morgan fingerprint density at radius 1 is 0.174 bits per heavy atom. The quantitative estimate of drug-likeness (QED) is 0.130. The van der Waals surface area contributed by atoms with Gasteiger partial charge in [-0.25, -0.2) is 29.9 Å².